The summed E-state index contributed by atoms with van der Waals surface area (Å²) in [6.45, 7) is 8.53. The van der Waals surface area contributed by atoms with Gasteiger partial charge in [0.2, 0.25) is 0 Å². The van der Waals surface area contributed by atoms with Gasteiger partial charge in [-0.25, -0.2) is 0 Å². The first-order valence-electron chi connectivity index (χ1n) is 8.52. The van der Waals surface area contributed by atoms with E-state index in [0.717, 1.165) is 30.8 Å². The number of methoxy groups -OCH3 is 1. The van der Waals surface area contributed by atoms with Crippen LogP contribution >= 0.6 is 0 Å². The van der Waals surface area contributed by atoms with Crippen LogP contribution in [0.15, 0.2) is 29.3 Å². The summed E-state index contributed by atoms with van der Waals surface area (Å²) in [7, 11) is 1.69. The predicted molar refractivity (Wildman–Crippen MR) is 97.6 cm³/mol. The van der Waals surface area contributed by atoms with E-state index >= 15 is 0 Å². The molecular formula is C18H31N3O3. The highest BCUT2D eigenvalue weighted by molar-refractivity contribution is 5.79. The highest BCUT2D eigenvalue weighted by Crippen LogP contribution is 2.19. The van der Waals surface area contributed by atoms with Crippen LogP contribution < -0.4 is 15.4 Å². The molecular weight excluding hydrogens is 306 g/mol. The Hall–Kier alpha value is -1.79. The molecule has 0 radical (unpaired) electrons. The normalized spacial score (nSPS) is 13.0. The summed E-state index contributed by atoms with van der Waals surface area (Å²) in [4.78, 5) is 4.43. The number of hydrogen-bond acceptors (Lipinski definition) is 4. The van der Waals surface area contributed by atoms with Crippen LogP contribution in [0.3, 0.4) is 0 Å². The highest BCUT2D eigenvalue weighted by Gasteiger charge is 2.08. The molecule has 0 aromatic heterocycles. The number of hydrogen-bond donors (Lipinski definition) is 3. The second kappa shape index (κ2) is 11.7. The first-order valence-corrected chi connectivity index (χ1v) is 8.52. The van der Waals surface area contributed by atoms with E-state index < -0.39 is 6.10 Å². The summed E-state index contributed by atoms with van der Waals surface area (Å²) in [6.07, 6.45) is 0.394. The van der Waals surface area contributed by atoms with Crippen molar-refractivity contribution in [1.29, 1.82) is 0 Å². The number of rotatable bonds is 10. The molecule has 0 aliphatic heterocycles. The monoisotopic (exact) mass is 337 g/mol. The number of nitrogens with zero attached hydrogens (tertiary/aromatic N) is 1. The summed E-state index contributed by atoms with van der Waals surface area (Å²) < 4.78 is 10.6. The summed E-state index contributed by atoms with van der Waals surface area (Å²) >= 11 is 0. The molecule has 136 valence electrons. The lowest BCUT2D eigenvalue weighted by Crippen LogP contribution is -2.38. The van der Waals surface area contributed by atoms with Crippen LogP contribution in [0.4, 0.5) is 0 Å². The van der Waals surface area contributed by atoms with Gasteiger partial charge in [-0.05, 0) is 44.9 Å². The molecule has 0 aliphatic carbocycles. The third-order valence-electron chi connectivity index (χ3n) is 3.22. The van der Waals surface area contributed by atoms with Crippen LogP contribution in [0.2, 0.25) is 0 Å². The Kier molecular flexibility index (Phi) is 9.88. The molecule has 0 fully saturated rings. The van der Waals surface area contributed by atoms with Crippen molar-refractivity contribution in [3.63, 3.8) is 0 Å². The number of nitrogens with one attached hydrogen (secondary N) is 2. The van der Waals surface area contributed by atoms with Gasteiger partial charge in [0.25, 0.3) is 0 Å². The Labute approximate surface area is 145 Å². The van der Waals surface area contributed by atoms with E-state index in [0.29, 0.717) is 19.1 Å². The van der Waals surface area contributed by atoms with Gasteiger partial charge in [0.05, 0.1) is 18.8 Å². The molecule has 0 aliphatic rings. The minimum absolute atomic E-state index is 0.136. The van der Waals surface area contributed by atoms with E-state index in [9.17, 15) is 5.11 Å². The van der Waals surface area contributed by atoms with Crippen molar-refractivity contribution >= 4 is 5.96 Å². The molecule has 0 amide bonds. The molecule has 0 saturated heterocycles. The molecule has 24 heavy (non-hydrogen) atoms. The maximum atomic E-state index is 10.3. The third-order valence-corrected chi connectivity index (χ3v) is 3.22. The summed E-state index contributed by atoms with van der Waals surface area (Å²) in [6, 6.07) is 7.49. The van der Waals surface area contributed by atoms with Crippen LogP contribution in [-0.2, 0) is 4.74 Å². The number of ether oxygens (including phenoxy) is 2. The molecule has 0 heterocycles. The molecule has 1 unspecified atom stereocenters. The second-order valence-corrected chi connectivity index (χ2v) is 5.74. The standard InChI is InChI=1S/C18H31N3O3/c1-5-19-18(20-11-6-12-23-4)21-13-17(22)15-7-9-16(10-8-15)24-14(2)3/h7-10,14,17,22H,5-6,11-13H2,1-4H3,(H2,19,20,21). The van der Waals surface area contributed by atoms with Gasteiger partial charge >= 0.3 is 0 Å². The molecule has 0 bridgehead atoms. The largest absolute Gasteiger partial charge is 0.491 e. The maximum Gasteiger partial charge on any atom is 0.191 e. The Balaban J connectivity index is 2.54. The Bertz CT molecular complexity index is 475. The zero-order valence-electron chi connectivity index (χ0n) is 15.2. The maximum absolute atomic E-state index is 10.3. The topological polar surface area (TPSA) is 75.1 Å². The Morgan fingerprint density at radius 1 is 1.21 bits per heavy atom. The number of benzene rings is 1. The van der Waals surface area contributed by atoms with E-state index in [2.05, 4.69) is 15.6 Å². The third kappa shape index (κ3) is 8.17. The van der Waals surface area contributed by atoms with Gasteiger partial charge in [-0.2, -0.15) is 0 Å². The minimum Gasteiger partial charge on any atom is -0.491 e. The first-order chi connectivity index (χ1) is 11.6. The molecule has 1 rings (SSSR count). The summed E-state index contributed by atoms with van der Waals surface area (Å²) in [5, 5.41) is 16.7. The highest BCUT2D eigenvalue weighted by atomic mass is 16.5. The van der Waals surface area contributed by atoms with Crippen molar-refractivity contribution in [1.82, 2.24) is 10.6 Å². The van der Waals surface area contributed by atoms with Gasteiger partial charge in [0.15, 0.2) is 5.96 Å². The second-order valence-electron chi connectivity index (χ2n) is 5.74. The summed E-state index contributed by atoms with van der Waals surface area (Å²) in [5.41, 5.74) is 0.824. The van der Waals surface area contributed by atoms with Crippen LogP contribution in [0.25, 0.3) is 0 Å². The van der Waals surface area contributed by atoms with Crippen molar-refractivity contribution < 1.29 is 14.6 Å². The molecule has 0 saturated carbocycles. The lowest BCUT2D eigenvalue weighted by atomic mass is 10.1. The fourth-order valence-electron chi connectivity index (χ4n) is 2.09. The number of aliphatic hydroxyl groups excluding tert-OH is 1. The van der Waals surface area contributed by atoms with Gasteiger partial charge in [-0.15, -0.1) is 0 Å². The minimum atomic E-state index is -0.646. The van der Waals surface area contributed by atoms with Crippen molar-refractivity contribution in [3.05, 3.63) is 29.8 Å². The van der Waals surface area contributed by atoms with Gasteiger partial charge in [0.1, 0.15) is 5.75 Å². The summed E-state index contributed by atoms with van der Waals surface area (Å²) in [5.74, 6) is 1.50. The van der Waals surface area contributed by atoms with Crippen LogP contribution in [0, 0.1) is 0 Å². The van der Waals surface area contributed by atoms with Gasteiger partial charge < -0.3 is 25.2 Å². The lowest BCUT2D eigenvalue weighted by Gasteiger charge is -2.14. The number of aliphatic hydroxyl groups is 1. The van der Waals surface area contributed by atoms with Gasteiger partial charge in [-0.3, -0.25) is 4.99 Å². The quantitative estimate of drug-likeness (QED) is 0.346. The van der Waals surface area contributed by atoms with Gasteiger partial charge in [-0.1, -0.05) is 12.1 Å². The Morgan fingerprint density at radius 2 is 1.92 bits per heavy atom. The fourth-order valence-corrected chi connectivity index (χ4v) is 2.09. The van der Waals surface area contributed by atoms with Crippen molar-refractivity contribution in [2.75, 3.05) is 33.4 Å². The van der Waals surface area contributed by atoms with Crippen LogP contribution in [0.5, 0.6) is 5.75 Å². The average Bonchev–Trinajstić information content (AvgIpc) is 2.56. The molecule has 1 atom stereocenters. The first kappa shape index (κ1) is 20.3. The van der Waals surface area contributed by atoms with E-state index in [4.69, 9.17) is 9.47 Å². The molecule has 3 N–H and O–H groups in total. The van der Waals surface area contributed by atoms with E-state index in [-0.39, 0.29) is 6.10 Å². The van der Waals surface area contributed by atoms with Crippen molar-refractivity contribution in [2.24, 2.45) is 4.99 Å². The van der Waals surface area contributed by atoms with Crippen LogP contribution in [0.1, 0.15) is 38.9 Å². The van der Waals surface area contributed by atoms with E-state index in [1.54, 1.807) is 7.11 Å². The molecule has 6 nitrogen and oxygen atoms in total. The van der Waals surface area contributed by atoms with Crippen LogP contribution in [-0.4, -0.2) is 50.5 Å². The smallest absolute Gasteiger partial charge is 0.191 e. The molecule has 6 heteroatoms. The lowest BCUT2D eigenvalue weighted by molar-refractivity contribution is 0.186. The molecule has 0 spiro atoms. The number of guanidine groups is 1. The fraction of sp³-hybridized carbons (Fsp3) is 0.611. The SMILES string of the molecule is CCNC(=NCC(O)c1ccc(OC(C)C)cc1)NCCCOC. The van der Waals surface area contributed by atoms with Crippen molar-refractivity contribution in [3.8, 4) is 5.75 Å². The predicted octanol–water partition coefficient (Wildman–Crippen LogP) is 2.10. The molecule has 1 aromatic rings. The van der Waals surface area contributed by atoms with Crippen molar-refractivity contribution in [2.45, 2.75) is 39.4 Å². The molecule has 1 aromatic carbocycles. The van der Waals surface area contributed by atoms with Gasteiger partial charge in [0, 0.05) is 26.8 Å². The van der Waals surface area contributed by atoms with E-state index in [1.165, 1.54) is 0 Å². The van der Waals surface area contributed by atoms with E-state index in [1.807, 2.05) is 45.0 Å². The number of aliphatic imine (C=N–C) groups is 1. The average molecular weight is 337 g/mol. The zero-order chi connectivity index (χ0) is 17.8. The zero-order valence-corrected chi connectivity index (χ0v) is 15.2. The Morgan fingerprint density at radius 3 is 2.50 bits per heavy atom.